The predicted octanol–water partition coefficient (Wildman–Crippen LogP) is 3.53. The molecule has 0 N–H and O–H groups in total. The molecule has 1 aliphatic heterocycles. The summed E-state index contributed by atoms with van der Waals surface area (Å²) in [6.07, 6.45) is 11.4. The quantitative estimate of drug-likeness (QED) is 0.649. The molecule has 0 spiro atoms. The summed E-state index contributed by atoms with van der Waals surface area (Å²) in [5.41, 5.74) is 0.275. The molecule has 76 valence electrons. The van der Waals surface area contributed by atoms with Crippen molar-refractivity contribution in [2.75, 3.05) is 6.61 Å². The molecule has 0 amide bonds. The summed E-state index contributed by atoms with van der Waals surface area (Å²) in [5.74, 6) is 1.02. The first-order chi connectivity index (χ1) is 6.29. The van der Waals surface area contributed by atoms with Crippen LogP contribution in [-0.2, 0) is 4.74 Å². The van der Waals surface area contributed by atoms with Crippen molar-refractivity contribution in [3.63, 3.8) is 0 Å². The highest BCUT2D eigenvalue weighted by Gasteiger charge is 2.33. The van der Waals surface area contributed by atoms with Gasteiger partial charge in [0.2, 0.25) is 0 Å². The maximum atomic E-state index is 5.61. The van der Waals surface area contributed by atoms with E-state index in [-0.39, 0.29) is 5.60 Å². The summed E-state index contributed by atoms with van der Waals surface area (Å²) in [5, 5.41) is 0. The van der Waals surface area contributed by atoms with Crippen LogP contribution in [-0.4, -0.2) is 12.2 Å². The van der Waals surface area contributed by atoms with Gasteiger partial charge in [-0.3, -0.25) is 0 Å². The van der Waals surface area contributed by atoms with Crippen molar-refractivity contribution >= 4 is 0 Å². The molecule has 0 bridgehead atoms. The van der Waals surface area contributed by atoms with E-state index in [0.717, 1.165) is 12.5 Å². The van der Waals surface area contributed by atoms with E-state index in [1.807, 2.05) is 0 Å². The van der Waals surface area contributed by atoms with Gasteiger partial charge in [-0.2, -0.15) is 0 Å². The van der Waals surface area contributed by atoms with Gasteiger partial charge >= 0.3 is 0 Å². The van der Waals surface area contributed by atoms with Gasteiger partial charge in [-0.05, 0) is 32.1 Å². The zero-order valence-corrected chi connectivity index (χ0v) is 8.85. The second-order valence-electron chi connectivity index (χ2n) is 5.09. The molecule has 2 aliphatic rings. The van der Waals surface area contributed by atoms with Crippen LogP contribution >= 0.6 is 0 Å². The number of hydrogen-bond acceptors (Lipinski definition) is 1. The Hall–Kier alpha value is -0.0400. The zero-order valence-electron chi connectivity index (χ0n) is 8.85. The SMILES string of the molecule is CC1(CCC2CCCCC2)CCO1. The molecule has 0 radical (unpaired) electrons. The molecule has 1 atom stereocenters. The molecule has 1 saturated heterocycles. The average Bonchev–Trinajstić information content (AvgIpc) is 2.13. The van der Waals surface area contributed by atoms with E-state index in [1.54, 1.807) is 0 Å². The van der Waals surface area contributed by atoms with E-state index in [1.165, 1.54) is 51.4 Å². The van der Waals surface area contributed by atoms with E-state index in [9.17, 15) is 0 Å². The Morgan fingerprint density at radius 2 is 1.92 bits per heavy atom. The number of ether oxygens (including phenoxy) is 1. The molecule has 1 saturated carbocycles. The Bertz CT molecular complexity index is 155. The van der Waals surface area contributed by atoms with Crippen LogP contribution in [0.2, 0.25) is 0 Å². The van der Waals surface area contributed by atoms with Gasteiger partial charge in [0.15, 0.2) is 0 Å². The second kappa shape index (κ2) is 4.00. The maximum Gasteiger partial charge on any atom is 0.0676 e. The topological polar surface area (TPSA) is 9.23 Å². The van der Waals surface area contributed by atoms with Gasteiger partial charge in [-0.1, -0.05) is 32.1 Å². The maximum absolute atomic E-state index is 5.61. The minimum Gasteiger partial charge on any atom is -0.375 e. The largest absolute Gasteiger partial charge is 0.375 e. The molecule has 1 heterocycles. The van der Waals surface area contributed by atoms with Crippen LogP contribution in [0.1, 0.15) is 58.3 Å². The van der Waals surface area contributed by atoms with Gasteiger partial charge < -0.3 is 4.74 Å². The van der Waals surface area contributed by atoms with Crippen LogP contribution in [0, 0.1) is 5.92 Å². The van der Waals surface area contributed by atoms with Crippen LogP contribution in [0.25, 0.3) is 0 Å². The molecule has 1 aliphatic carbocycles. The molecular weight excluding hydrogens is 160 g/mol. The van der Waals surface area contributed by atoms with Gasteiger partial charge in [-0.15, -0.1) is 0 Å². The fourth-order valence-corrected chi connectivity index (χ4v) is 2.63. The first kappa shape index (κ1) is 9.51. The summed E-state index contributed by atoms with van der Waals surface area (Å²) >= 11 is 0. The first-order valence-electron chi connectivity index (χ1n) is 5.92. The van der Waals surface area contributed by atoms with Crippen LogP contribution in [0.5, 0.6) is 0 Å². The molecule has 1 nitrogen and oxygen atoms in total. The van der Waals surface area contributed by atoms with Crippen LogP contribution in [0.3, 0.4) is 0 Å². The molecule has 2 fully saturated rings. The van der Waals surface area contributed by atoms with Crippen LogP contribution in [0.4, 0.5) is 0 Å². The Morgan fingerprint density at radius 1 is 1.23 bits per heavy atom. The van der Waals surface area contributed by atoms with Crippen molar-refractivity contribution in [2.24, 2.45) is 5.92 Å². The third kappa shape index (κ3) is 2.46. The standard InChI is InChI=1S/C12H22O/c1-12(9-10-13-12)8-7-11-5-3-2-4-6-11/h11H,2-10H2,1H3. The highest BCUT2D eigenvalue weighted by Crippen LogP contribution is 2.35. The van der Waals surface area contributed by atoms with E-state index < -0.39 is 0 Å². The van der Waals surface area contributed by atoms with E-state index in [2.05, 4.69) is 6.92 Å². The fourth-order valence-electron chi connectivity index (χ4n) is 2.63. The van der Waals surface area contributed by atoms with Gasteiger partial charge in [0.05, 0.1) is 12.2 Å². The normalized spacial score (nSPS) is 35.8. The van der Waals surface area contributed by atoms with Gasteiger partial charge in [-0.25, -0.2) is 0 Å². The van der Waals surface area contributed by atoms with Crippen molar-refractivity contribution in [1.29, 1.82) is 0 Å². The Balaban J connectivity index is 1.66. The molecule has 13 heavy (non-hydrogen) atoms. The number of rotatable bonds is 3. The average molecular weight is 182 g/mol. The minimum absolute atomic E-state index is 0.275. The lowest BCUT2D eigenvalue weighted by atomic mass is 9.81. The Morgan fingerprint density at radius 3 is 2.46 bits per heavy atom. The van der Waals surface area contributed by atoms with Crippen LogP contribution in [0.15, 0.2) is 0 Å². The molecular formula is C12H22O. The monoisotopic (exact) mass is 182 g/mol. The highest BCUT2D eigenvalue weighted by atomic mass is 16.5. The van der Waals surface area contributed by atoms with Gasteiger partial charge in [0, 0.05) is 0 Å². The van der Waals surface area contributed by atoms with Crippen molar-refractivity contribution in [2.45, 2.75) is 63.9 Å². The minimum atomic E-state index is 0.275. The molecule has 1 heteroatoms. The summed E-state index contributed by atoms with van der Waals surface area (Å²) in [7, 11) is 0. The van der Waals surface area contributed by atoms with E-state index >= 15 is 0 Å². The lowest BCUT2D eigenvalue weighted by Gasteiger charge is -2.40. The van der Waals surface area contributed by atoms with Crippen molar-refractivity contribution in [1.82, 2.24) is 0 Å². The van der Waals surface area contributed by atoms with E-state index in [0.29, 0.717) is 0 Å². The lowest BCUT2D eigenvalue weighted by Crippen LogP contribution is -2.40. The zero-order chi connectivity index (χ0) is 9.15. The van der Waals surface area contributed by atoms with Crippen molar-refractivity contribution < 1.29 is 4.74 Å². The molecule has 0 aromatic carbocycles. The van der Waals surface area contributed by atoms with Crippen molar-refractivity contribution in [3.8, 4) is 0 Å². The van der Waals surface area contributed by atoms with Crippen LogP contribution < -0.4 is 0 Å². The predicted molar refractivity (Wildman–Crippen MR) is 54.8 cm³/mol. The lowest BCUT2D eigenvalue weighted by molar-refractivity contribution is -0.140. The smallest absolute Gasteiger partial charge is 0.0676 e. The summed E-state index contributed by atoms with van der Waals surface area (Å²) in [6.45, 7) is 3.28. The summed E-state index contributed by atoms with van der Waals surface area (Å²) < 4.78 is 5.61. The third-order valence-corrected chi connectivity index (χ3v) is 3.89. The van der Waals surface area contributed by atoms with Gasteiger partial charge in [0.1, 0.15) is 0 Å². The molecule has 0 aromatic heterocycles. The Kier molecular flexibility index (Phi) is 2.92. The summed E-state index contributed by atoms with van der Waals surface area (Å²) in [4.78, 5) is 0. The number of hydrogen-bond donors (Lipinski definition) is 0. The van der Waals surface area contributed by atoms with E-state index in [4.69, 9.17) is 4.74 Å². The molecule has 1 unspecified atom stereocenters. The second-order valence-corrected chi connectivity index (χ2v) is 5.09. The highest BCUT2D eigenvalue weighted by molar-refractivity contribution is 4.83. The Labute approximate surface area is 81.9 Å². The first-order valence-corrected chi connectivity index (χ1v) is 5.92. The molecule has 0 aromatic rings. The third-order valence-electron chi connectivity index (χ3n) is 3.89. The summed E-state index contributed by atoms with van der Waals surface area (Å²) in [6, 6.07) is 0. The fraction of sp³-hybridized carbons (Fsp3) is 1.00. The molecule has 2 rings (SSSR count). The van der Waals surface area contributed by atoms with Crippen molar-refractivity contribution in [3.05, 3.63) is 0 Å². The van der Waals surface area contributed by atoms with Gasteiger partial charge in [0.25, 0.3) is 0 Å².